The molecule has 0 aromatic carbocycles. The van der Waals surface area contributed by atoms with Crippen LogP contribution in [0.1, 0.15) is 463 Å². The molecule has 522 valence electrons. The smallest absolute Gasteiger partial charge is 0.305 e. The maximum atomic E-state index is 12.6. The van der Waals surface area contributed by atoms with Crippen molar-refractivity contribution in [2.45, 2.75) is 475 Å². The van der Waals surface area contributed by atoms with Gasteiger partial charge in [-0.15, -0.1) is 0 Å². The normalized spacial score (nSPS) is 12.5. The lowest BCUT2D eigenvalue weighted by molar-refractivity contribution is -0.143. The van der Waals surface area contributed by atoms with Gasteiger partial charge in [0.05, 0.1) is 25.4 Å². The fourth-order valence-corrected chi connectivity index (χ4v) is 13.1. The van der Waals surface area contributed by atoms with E-state index in [9.17, 15) is 19.8 Å². The molecule has 2 atom stereocenters. The molecule has 0 radical (unpaired) electrons. The zero-order valence-electron chi connectivity index (χ0n) is 60.0. The van der Waals surface area contributed by atoms with Gasteiger partial charge in [0, 0.05) is 12.8 Å². The first-order valence-corrected chi connectivity index (χ1v) is 40.6. The third-order valence-corrected chi connectivity index (χ3v) is 19.3. The maximum Gasteiger partial charge on any atom is 0.305 e. The number of allylic oxidation sites excluding steroid dienone is 4. The highest BCUT2D eigenvalue weighted by atomic mass is 16.5. The zero-order chi connectivity index (χ0) is 63.5. The summed E-state index contributed by atoms with van der Waals surface area (Å²) in [5.74, 6) is -0.00558. The van der Waals surface area contributed by atoms with Gasteiger partial charge in [-0.2, -0.15) is 0 Å². The van der Waals surface area contributed by atoms with E-state index >= 15 is 0 Å². The van der Waals surface area contributed by atoms with Crippen LogP contribution in [-0.4, -0.2) is 47.4 Å². The zero-order valence-corrected chi connectivity index (χ0v) is 60.0. The van der Waals surface area contributed by atoms with Crippen LogP contribution < -0.4 is 5.32 Å². The fourth-order valence-electron chi connectivity index (χ4n) is 13.1. The highest BCUT2D eigenvalue weighted by Gasteiger charge is 2.20. The van der Waals surface area contributed by atoms with Crippen molar-refractivity contribution in [1.29, 1.82) is 0 Å². The van der Waals surface area contributed by atoms with Gasteiger partial charge in [-0.3, -0.25) is 9.59 Å². The predicted octanol–water partition coefficient (Wildman–Crippen LogP) is 26.8. The molecule has 0 fully saturated rings. The van der Waals surface area contributed by atoms with E-state index in [1.807, 2.05) is 0 Å². The van der Waals surface area contributed by atoms with Gasteiger partial charge in [-0.05, 0) is 57.8 Å². The molecule has 6 nitrogen and oxygen atoms in total. The largest absolute Gasteiger partial charge is 0.466 e. The second-order valence-corrected chi connectivity index (χ2v) is 28.1. The third kappa shape index (κ3) is 73.4. The third-order valence-electron chi connectivity index (χ3n) is 19.3. The molecule has 1 amide bonds. The Morgan fingerprint density at radius 3 is 0.864 bits per heavy atom. The van der Waals surface area contributed by atoms with Crippen molar-refractivity contribution in [3.05, 3.63) is 24.3 Å². The standard InChI is InChI=1S/C82H159NO5/c1-3-5-7-9-11-13-15-16-17-18-19-39-42-45-48-51-55-58-62-66-70-74-80(85)79(78-84)83-81(86)75-71-67-63-59-56-52-49-46-43-40-37-35-33-31-29-27-25-23-21-20-22-24-26-28-30-32-34-36-38-41-44-47-50-53-57-61-65-69-73-77-88-82(87)76-72-68-64-60-54-14-12-10-8-6-4-2/h20-21,24,26,79-80,84-85H,3-19,22-23,25,27-78H2,1-2H3,(H,83,86)/b21-20-,26-24-. The summed E-state index contributed by atoms with van der Waals surface area (Å²) in [6.07, 6.45) is 100. The number of esters is 1. The highest BCUT2D eigenvalue weighted by Crippen LogP contribution is 2.20. The lowest BCUT2D eigenvalue weighted by Crippen LogP contribution is -2.45. The van der Waals surface area contributed by atoms with Crippen molar-refractivity contribution < 1.29 is 24.5 Å². The van der Waals surface area contributed by atoms with Crippen LogP contribution in [0.4, 0.5) is 0 Å². The number of aliphatic hydroxyl groups excluding tert-OH is 2. The van der Waals surface area contributed by atoms with Gasteiger partial charge in [0.25, 0.3) is 0 Å². The van der Waals surface area contributed by atoms with Crippen molar-refractivity contribution >= 4 is 11.9 Å². The molecule has 88 heavy (non-hydrogen) atoms. The summed E-state index contributed by atoms with van der Waals surface area (Å²) in [7, 11) is 0. The summed E-state index contributed by atoms with van der Waals surface area (Å²) in [5.41, 5.74) is 0. The number of carbonyl (C=O) groups is 2. The molecule has 3 N–H and O–H groups in total. The van der Waals surface area contributed by atoms with Crippen LogP contribution in [0, 0.1) is 0 Å². The second-order valence-electron chi connectivity index (χ2n) is 28.1. The Morgan fingerprint density at radius 2 is 0.568 bits per heavy atom. The Balaban J connectivity index is 3.35. The summed E-state index contributed by atoms with van der Waals surface area (Å²) in [4.78, 5) is 24.6. The Kier molecular flexibility index (Phi) is 76.3. The second kappa shape index (κ2) is 77.8. The average Bonchev–Trinajstić information content (AvgIpc) is 3.55. The van der Waals surface area contributed by atoms with E-state index in [-0.39, 0.29) is 18.5 Å². The number of hydrogen-bond donors (Lipinski definition) is 3. The molecule has 0 rings (SSSR count). The molecule has 0 bridgehead atoms. The lowest BCUT2D eigenvalue weighted by atomic mass is 10.0. The van der Waals surface area contributed by atoms with Gasteiger partial charge in [-0.25, -0.2) is 0 Å². The van der Waals surface area contributed by atoms with Crippen LogP contribution in [0.2, 0.25) is 0 Å². The molecular formula is C82H159NO5. The number of hydrogen-bond acceptors (Lipinski definition) is 5. The minimum Gasteiger partial charge on any atom is -0.466 e. The average molecular weight is 1240 g/mol. The van der Waals surface area contributed by atoms with Crippen molar-refractivity contribution in [2.24, 2.45) is 0 Å². The van der Waals surface area contributed by atoms with E-state index in [1.165, 1.54) is 385 Å². The maximum absolute atomic E-state index is 12.6. The topological polar surface area (TPSA) is 95.9 Å². The van der Waals surface area contributed by atoms with Crippen LogP contribution in [0.3, 0.4) is 0 Å². The molecule has 0 aliphatic rings. The van der Waals surface area contributed by atoms with Gasteiger partial charge in [0.1, 0.15) is 0 Å². The Labute approximate surface area is 551 Å². The summed E-state index contributed by atoms with van der Waals surface area (Å²) >= 11 is 0. The van der Waals surface area contributed by atoms with Crippen LogP contribution in [-0.2, 0) is 14.3 Å². The summed E-state index contributed by atoms with van der Waals surface area (Å²) in [6, 6.07) is -0.540. The number of aliphatic hydroxyl groups is 2. The van der Waals surface area contributed by atoms with E-state index in [1.54, 1.807) is 0 Å². The Hall–Kier alpha value is -1.66. The Morgan fingerprint density at radius 1 is 0.318 bits per heavy atom. The summed E-state index contributed by atoms with van der Waals surface area (Å²) in [5, 5.41) is 23.5. The minimum atomic E-state index is -0.663. The molecule has 0 aliphatic carbocycles. The fraction of sp³-hybridized carbons (Fsp3) is 0.927. The van der Waals surface area contributed by atoms with E-state index in [2.05, 4.69) is 43.5 Å². The lowest BCUT2D eigenvalue weighted by Gasteiger charge is -2.22. The van der Waals surface area contributed by atoms with E-state index < -0.39 is 12.1 Å². The van der Waals surface area contributed by atoms with Crippen LogP contribution in [0.25, 0.3) is 0 Å². The van der Waals surface area contributed by atoms with Gasteiger partial charge >= 0.3 is 5.97 Å². The number of ether oxygens (including phenoxy) is 1. The molecule has 0 saturated heterocycles. The number of carbonyl (C=O) groups excluding carboxylic acids is 2. The molecule has 6 heteroatoms. The quantitative estimate of drug-likeness (QED) is 0.0320. The van der Waals surface area contributed by atoms with Crippen molar-refractivity contribution in [1.82, 2.24) is 5.32 Å². The molecule has 0 spiro atoms. The van der Waals surface area contributed by atoms with Crippen LogP contribution in [0.15, 0.2) is 24.3 Å². The Bertz CT molecular complexity index is 1380. The van der Waals surface area contributed by atoms with E-state index in [0.29, 0.717) is 25.9 Å². The molecular weight excluding hydrogens is 1080 g/mol. The van der Waals surface area contributed by atoms with Crippen molar-refractivity contribution in [3.8, 4) is 0 Å². The summed E-state index contributed by atoms with van der Waals surface area (Å²) in [6.45, 7) is 5.00. The minimum absolute atomic E-state index is 0.0209. The molecule has 0 aromatic heterocycles. The number of nitrogens with one attached hydrogen (secondary N) is 1. The number of unbranched alkanes of at least 4 members (excludes halogenated alkanes) is 62. The van der Waals surface area contributed by atoms with E-state index in [4.69, 9.17) is 4.74 Å². The highest BCUT2D eigenvalue weighted by molar-refractivity contribution is 5.76. The number of rotatable bonds is 77. The first kappa shape index (κ1) is 86.3. The first-order chi connectivity index (χ1) is 43.5. The number of amides is 1. The molecule has 0 heterocycles. The van der Waals surface area contributed by atoms with Gasteiger partial charge in [0.15, 0.2) is 0 Å². The van der Waals surface area contributed by atoms with Crippen molar-refractivity contribution in [2.75, 3.05) is 13.2 Å². The van der Waals surface area contributed by atoms with E-state index in [0.717, 1.165) is 44.9 Å². The van der Waals surface area contributed by atoms with Gasteiger partial charge < -0.3 is 20.3 Å². The first-order valence-electron chi connectivity index (χ1n) is 40.6. The summed E-state index contributed by atoms with van der Waals surface area (Å²) < 4.78 is 5.48. The SMILES string of the molecule is CCCCCCCCCCCCCCCCCCCCCCCC(O)C(CO)NC(=O)CCCCCCCCCCCCCCCCCCC/C=C\C/C=C\CCCCCCCCCCCCCCCCCOC(=O)CCCCCCCCCCCCC. The van der Waals surface area contributed by atoms with Crippen molar-refractivity contribution in [3.63, 3.8) is 0 Å². The van der Waals surface area contributed by atoms with Crippen LogP contribution >= 0.6 is 0 Å². The molecule has 0 saturated carbocycles. The van der Waals surface area contributed by atoms with Gasteiger partial charge in [-0.1, -0.05) is 417 Å². The monoisotopic (exact) mass is 1240 g/mol. The molecule has 0 aliphatic heterocycles. The molecule has 0 aromatic rings. The van der Waals surface area contributed by atoms with Gasteiger partial charge in [0.2, 0.25) is 5.91 Å². The predicted molar refractivity (Wildman–Crippen MR) is 389 cm³/mol. The van der Waals surface area contributed by atoms with Crippen LogP contribution in [0.5, 0.6) is 0 Å². The molecule has 2 unspecified atom stereocenters.